The molecular weight excluding hydrogens is 478 g/mol. The van der Waals surface area contributed by atoms with Crippen molar-refractivity contribution in [3.8, 4) is 0 Å². The minimum Gasteiger partial charge on any atom is -0.394 e. The van der Waals surface area contributed by atoms with E-state index in [2.05, 4.69) is 10.6 Å². The quantitative estimate of drug-likeness (QED) is 0.303. The van der Waals surface area contributed by atoms with Crippen molar-refractivity contribution in [2.75, 3.05) is 20.7 Å². The van der Waals surface area contributed by atoms with E-state index in [4.69, 9.17) is 0 Å². The average Bonchev–Trinajstić information content (AvgIpc) is 2.92. The molecule has 0 unspecified atom stereocenters. The van der Waals surface area contributed by atoms with Gasteiger partial charge in [0.05, 0.1) is 12.6 Å². The summed E-state index contributed by atoms with van der Waals surface area (Å²) in [5.74, 6) is -0.740. The predicted octanol–water partition coefficient (Wildman–Crippen LogP) is 3.40. The van der Waals surface area contributed by atoms with E-state index in [1.54, 1.807) is 31.2 Å². The molecule has 0 bridgehead atoms. The van der Waals surface area contributed by atoms with Crippen molar-refractivity contribution < 1.29 is 19.5 Å². The van der Waals surface area contributed by atoms with E-state index in [0.29, 0.717) is 30.4 Å². The van der Waals surface area contributed by atoms with E-state index in [1.807, 2.05) is 73.6 Å². The number of aliphatic hydroxyl groups is 1. The molecule has 38 heavy (non-hydrogen) atoms. The summed E-state index contributed by atoms with van der Waals surface area (Å²) in [6, 6.07) is 22.5. The highest BCUT2D eigenvalue weighted by molar-refractivity contribution is 5.98. The van der Waals surface area contributed by atoms with Crippen LogP contribution in [-0.4, -0.2) is 60.4 Å². The van der Waals surface area contributed by atoms with E-state index >= 15 is 0 Å². The highest BCUT2D eigenvalue weighted by atomic mass is 16.3. The Morgan fingerprint density at radius 1 is 0.816 bits per heavy atom. The maximum absolute atomic E-state index is 13.4. The second-order valence-electron chi connectivity index (χ2n) is 9.68. The molecular formula is C31H37N3O4. The molecule has 3 aromatic carbocycles. The summed E-state index contributed by atoms with van der Waals surface area (Å²) in [5.41, 5.74) is 3.80. The van der Waals surface area contributed by atoms with Crippen molar-refractivity contribution in [3.05, 3.63) is 107 Å². The number of carbonyl (C=O) groups excluding carboxylic acids is 3. The molecule has 0 saturated carbocycles. The first-order chi connectivity index (χ1) is 18.3. The summed E-state index contributed by atoms with van der Waals surface area (Å²) < 4.78 is 0. The van der Waals surface area contributed by atoms with Crippen LogP contribution in [0.2, 0.25) is 0 Å². The average molecular weight is 516 g/mol. The van der Waals surface area contributed by atoms with Gasteiger partial charge in [-0.1, -0.05) is 73.7 Å². The third-order valence-corrected chi connectivity index (χ3v) is 6.29. The van der Waals surface area contributed by atoms with Crippen molar-refractivity contribution in [3.63, 3.8) is 0 Å². The number of aliphatic hydroxyl groups excluding tert-OH is 1. The molecule has 0 aliphatic rings. The molecule has 3 rings (SSSR count). The Hall–Kier alpha value is -3.81. The number of carbonyl (C=O) groups is 3. The smallest absolute Gasteiger partial charge is 0.251 e. The predicted molar refractivity (Wildman–Crippen MR) is 149 cm³/mol. The zero-order valence-electron chi connectivity index (χ0n) is 22.3. The highest BCUT2D eigenvalue weighted by Crippen LogP contribution is 2.14. The van der Waals surface area contributed by atoms with Gasteiger partial charge in [0.2, 0.25) is 5.91 Å². The third-order valence-electron chi connectivity index (χ3n) is 6.29. The molecule has 0 aliphatic carbocycles. The number of hydrogen-bond donors (Lipinski definition) is 3. The Kier molecular flexibility index (Phi) is 10.8. The van der Waals surface area contributed by atoms with Crippen molar-refractivity contribution in [1.29, 1.82) is 0 Å². The Morgan fingerprint density at radius 3 is 2.11 bits per heavy atom. The van der Waals surface area contributed by atoms with Crippen LogP contribution in [0.5, 0.6) is 0 Å². The fraction of sp³-hybridized carbons (Fsp3) is 0.323. The van der Waals surface area contributed by atoms with Crippen LogP contribution in [0.15, 0.2) is 78.9 Å². The standard InChI is InChI=1S/C31H37N3O4/c1-4-29(36)27-13-9-8-12-25(27)19-26(21-35)32-31(38)28(18-22-10-6-5-7-11-22)33-30(37)24-16-14-23(15-17-24)20-34(2)3/h5-17,26,28,35H,4,18-21H2,1-3H3,(H,32,38)(H,33,37)/t26-,28-/m0/s1. The van der Waals surface area contributed by atoms with Crippen LogP contribution in [0.4, 0.5) is 0 Å². The van der Waals surface area contributed by atoms with Crippen LogP contribution >= 0.6 is 0 Å². The Morgan fingerprint density at radius 2 is 1.47 bits per heavy atom. The van der Waals surface area contributed by atoms with Crippen LogP contribution in [0, 0.1) is 0 Å². The first kappa shape index (κ1) is 28.8. The first-order valence-corrected chi connectivity index (χ1v) is 12.9. The molecule has 0 heterocycles. The number of amides is 2. The summed E-state index contributed by atoms with van der Waals surface area (Å²) in [7, 11) is 3.96. The minimum absolute atomic E-state index is 0.00874. The van der Waals surface area contributed by atoms with Crippen LogP contribution in [0.1, 0.15) is 50.8 Å². The largest absolute Gasteiger partial charge is 0.394 e. The van der Waals surface area contributed by atoms with Crippen molar-refractivity contribution in [2.24, 2.45) is 0 Å². The Bertz CT molecular complexity index is 1210. The maximum Gasteiger partial charge on any atom is 0.251 e. The summed E-state index contributed by atoms with van der Waals surface area (Å²) in [4.78, 5) is 40.9. The molecule has 3 N–H and O–H groups in total. The van der Waals surface area contributed by atoms with Gasteiger partial charge in [-0.25, -0.2) is 0 Å². The molecule has 0 fully saturated rings. The third kappa shape index (κ3) is 8.36. The summed E-state index contributed by atoms with van der Waals surface area (Å²) in [5, 5.41) is 15.8. The van der Waals surface area contributed by atoms with Crippen molar-refractivity contribution in [1.82, 2.24) is 15.5 Å². The van der Waals surface area contributed by atoms with Gasteiger partial charge in [0, 0.05) is 30.5 Å². The molecule has 0 radical (unpaired) electrons. The molecule has 2 atom stereocenters. The molecule has 2 amide bonds. The molecule has 3 aromatic rings. The lowest BCUT2D eigenvalue weighted by Crippen LogP contribution is -2.52. The molecule has 7 heteroatoms. The molecule has 0 spiro atoms. The summed E-state index contributed by atoms with van der Waals surface area (Å²) in [6.45, 7) is 2.26. The fourth-order valence-electron chi connectivity index (χ4n) is 4.32. The van der Waals surface area contributed by atoms with Crippen LogP contribution in [0.3, 0.4) is 0 Å². The zero-order valence-corrected chi connectivity index (χ0v) is 22.3. The van der Waals surface area contributed by atoms with Gasteiger partial charge in [-0.15, -0.1) is 0 Å². The van der Waals surface area contributed by atoms with E-state index in [1.165, 1.54) is 0 Å². The van der Waals surface area contributed by atoms with Gasteiger partial charge in [0.15, 0.2) is 5.78 Å². The lowest BCUT2D eigenvalue weighted by atomic mass is 9.96. The number of hydrogen-bond acceptors (Lipinski definition) is 5. The number of nitrogens with zero attached hydrogens (tertiary/aromatic N) is 1. The normalized spacial score (nSPS) is 12.6. The molecule has 200 valence electrons. The van der Waals surface area contributed by atoms with Gasteiger partial charge in [-0.05, 0) is 49.3 Å². The highest BCUT2D eigenvalue weighted by Gasteiger charge is 2.25. The van der Waals surface area contributed by atoms with Gasteiger partial charge in [0.25, 0.3) is 5.91 Å². The van der Waals surface area contributed by atoms with Gasteiger partial charge in [-0.2, -0.15) is 0 Å². The maximum atomic E-state index is 13.4. The van der Waals surface area contributed by atoms with E-state index in [9.17, 15) is 19.5 Å². The Balaban J connectivity index is 1.76. The lowest BCUT2D eigenvalue weighted by molar-refractivity contribution is -0.124. The second kappa shape index (κ2) is 14.2. The zero-order chi connectivity index (χ0) is 27.5. The van der Waals surface area contributed by atoms with Crippen LogP contribution in [0.25, 0.3) is 0 Å². The summed E-state index contributed by atoms with van der Waals surface area (Å²) >= 11 is 0. The summed E-state index contributed by atoms with van der Waals surface area (Å²) in [6.07, 6.45) is 0.956. The monoisotopic (exact) mass is 515 g/mol. The molecule has 0 saturated heterocycles. The topological polar surface area (TPSA) is 98.7 Å². The molecule has 0 aromatic heterocycles. The number of benzene rings is 3. The van der Waals surface area contributed by atoms with Gasteiger partial charge >= 0.3 is 0 Å². The van der Waals surface area contributed by atoms with Gasteiger partial charge < -0.3 is 20.6 Å². The number of ketones is 1. The van der Waals surface area contributed by atoms with Gasteiger partial charge in [0.1, 0.15) is 6.04 Å². The number of Topliss-reactive ketones (excluding diaryl/α,β-unsaturated/α-hetero) is 1. The SMILES string of the molecule is CCC(=O)c1ccccc1C[C@@H](CO)NC(=O)[C@H](Cc1ccccc1)NC(=O)c1ccc(CN(C)C)cc1. The number of rotatable bonds is 13. The first-order valence-electron chi connectivity index (χ1n) is 12.9. The fourth-order valence-corrected chi connectivity index (χ4v) is 4.32. The van der Waals surface area contributed by atoms with Crippen molar-refractivity contribution >= 4 is 17.6 Å². The van der Waals surface area contributed by atoms with E-state index in [-0.39, 0.29) is 18.3 Å². The number of nitrogens with one attached hydrogen (secondary N) is 2. The lowest BCUT2D eigenvalue weighted by Gasteiger charge is -2.23. The van der Waals surface area contributed by atoms with Crippen molar-refractivity contribution in [2.45, 2.75) is 44.8 Å². The van der Waals surface area contributed by atoms with E-state index < -0.39 is 18.0 Å². The van der Waals surface area contributed by atoms with Gasteiger partial charge in [-0.3, -0.25) is 14.4 Å². The second-order valence-corrected chi connectivity index (χ2v) is 9.68. The van der Waals surface area contributed by atoms with Crippen LogP contribution in [-0.2, 0) is 24.2 Å². The molecule has 0 aliphatic heterocycles. The molecule has 7 nitrogen and oxygen atoms in total. The minimum atomic E-state index is -0.854. The van der Waals surface area contributed by atoms with Crippen LogP contribution < -0.4 is 10.6 Å². The Labute approximate surface area is 224 Å². The van der Waals surface area contributed by atoms with E-state index in [0.717, 1.165) is 23.2 Å².